The molecule has 0 spiro atoms. The third-order valence-electron chi connectivity index (χ3n) is 2.31. The highest BCUT2D eigenvalue weighted by molar-refractivity contribution is 5.40. The van der Waals surface area contributed by atoms with Crippen molar-refractivity contribution >= 4 is 0 Å². The van der Waals surface area contributed by atoms with Crippen molar-refractivity contribution in [2.45, 2.75) is 19.6 Å². The van der Waals surface area contributed by atoms with Crippen molar-refractivity contribution in [3.8, 4) is 11.5 Å². The van der Waals surface area contributed by atoms with Crippen LogP contribution >= 0.6 is 0 Å². The van der Waals surface area contributed by atoms with Crippen LogP contribution in [0.5, 0.6) is 11.5 Å². The molecule has 0 atom stereocenters. The topological polar surface area (TPSA) is 50.7 Å². The Bertz CT molecular complexity index is 361. The Morgan fingerprint density at radius 3 is 2.78 bits per heavy atom. The van der Waals surface area contributed by atoms with Crippen molar-refractivity contribution in [2.75, 3.05) is 20.3 Å². The number of benzene rings is 1. The molecule has 6 heteroatoms. The normalized spacial score (nSPS) is 10.7. The number of halogens is 2. The molecule has 4 nitrogen and oxygen atoms in total. The lowest BCUT2D eigenvalue weighted by atomic mass is 10.2. The van der Waals surface area contributed by atoms with E-state index in [1.54, 1.807) is 12.1 Å². The van der Waals surface area contributed by atoms with Crippen molar-refractivity contribution in [3.05, 3.63) is 23.8 Å². The molecule has 18 heavy (non-hydrogen) atoms. The van der Waals surface area contributed by atoms with E-state index in [4.69, 9.17) is 9.84 Å². The molecular weight excluding hydrogens is 244 g/mol. The summed E-state index contributed by atoms with van der Waals surface area (Å²) in [5.74, 6) is 0.706. The summed E-state index contributed by atoms with van der Waals surface area (Å²) in [6, 6.07) is 4.66. The van der Waals surface area contributed by atoms with Crippen LogP contribution in [0.2, 0.25) is 0 Å². The Morgan fingerprint density at radius 1 is 1.39 bits per heavy atom. The molecule has 0 bridgehead atoms. The lowest BCUT2D eigenvalue weighted by Crippen LogP contribution is -2.17. The standard InChI is InChI=1S/C12H17F2NO3/c1-17-10-3-4-11(18-12(13)14)9(7-10)8-15-5-2-6-16/h3-4,7,12,15-16H,2,5-6,8H2,1H3. The molecule has 0 aromatic heterocycles. The summed E-state index contributed by atoms with van der Waals surface area (Å²) in [6.07, 6.45) is 0.606. The van der Waals surface area contributed by atoms with Gasteiger partial charge in [0.25, 0.3) is 0 Å². The number of rotatable bonds is 8. The molecule has 2 N–H and O–H groups in total. The van der Waals surface area contributed by atoms with E-state index in [9.17, 15) is 8.78 Å². The lowest BCUT2D eigenvalue weighted by molar-refractivity contribution is -0.0505. The highest BCUT2D eigenvalue weighted by Crippen LogP contribution is 2.25. The minimum Gasteiger partial charge on any atom is -0.497 e. The first kappa shape index (κ1) is 14.7. The van der Waals surface area contributed by atoms with Gasteiger partial charge in [-0.25, -0.2) is 0 Å². The second-order valence-electron chi connectivity index (χ2n) is 3.61. The van der Waals surface area contributed by atoms with Crippen LogP contribution in [0, 0.1) is 0 Å². The molecular formula is C12H17F2NO3. The first-order chi connectivity index (χ1) is 8.67. The fourth-order valence-electron chi connectivity index (χ4n) is 1.46. The Kier molecular flexibility index (Phi) is 6.38. The van der Waals surface area contributed by atoms with Gasteiger partial charge in [0.05, 0.1) is 7.11 Å². The average Bonchev–Trinajstić information content (AvgIpc) is 2.35. The van der Waals surface area contributed by atoms with Crippen LogP contribution in [0.1, 0.15) is 12.0 Å². The zero-order chi connectivity index (χ0) is 13.4. The Morgan fingerprint density at radius 2 is 2.17 bits per heavy atom. The molecule has 0 heterocycles. The van der Waals surface area contributed by atoms with Gasteiger partial charge in [0.15, 0.2) is 0 Å². The van der Waals surface area contributed by atoms with Gasteiger partial charge in [-0.1, -0.05) is 0 Å². The van der Waals surface area contributed by atoms with E-state index in [0.29, 0.717) is 30.8 Å². The van der Waals surface area contributed by atoms with Crippen LogP contribution in [0.15, 0.2) is 18.2 Å². The van der Waals surface area contributed by atoms with Crippen molar-refractivity contribution in [3.63, 3.8) is 0 Å². The fraction of sp³-hybridized carbons (Fsp3) is 0.500. The molecule has 102 valence electrons. The van der Waals surface area contributed by atoms with Gasteiger partial charge in [0, 0.05) is 18.7 Å². The molecule has 0 fully saturated rings. The minimum absolute atomic E-state index is 0.0888. The molecule has 0 radical (unpaired) electrons. The lowest BCUT2D eigenvalue weighted by Gasteiger charge is -2.12. The van der Waals surface area contributed by atoms with Gasteiger partial charge >= 0.3 is 6.61 Å². The second kappa shape index (κ2) is 7.84. The zero-order valence-corrected chi connectivity index (χ0v) is 10.2. The van der Waals surface area contributed by atoms with Crippen molar-refractivity contribution in [2.24, 2.45) is 0 Å². The smallest absolute Gasteiger partial charge is 0.387 e. The Labute approximate surface area is 105 Å². The SMILES string of the molecule is COc1ccc(OC(F)F)c(CNCCCO)c1. The first-order valence-corrected chi connectivity index (χ1v) is 5.60. The van der Waals surface area contributed by atoms with Crippen LogP contribution in [-0.4, -0.2) is 32.0 Å². The number of hydrogen-bond donors (Lipinski definition) is 2. The van der Waals surface area contributed by atoms with E-state index < -0.39 is 6.61 Å². The van der Waals surface area contributed by atoms with Gasteiger partial charge in [0.1, 0.15) is 11.5 Å². The van der Waals surface area contributed by atoms with Crippen LogP contribution < -0.4 is 14.8 Å². The van der Waals surface area contributed by atoms with Gasteiger partial charge in [-0.05, 0) is 31.2 Å². The van der Waals surface area contributed by atoms with Crippen molar-refractivity contribution < 1.29 is 23.4 Å². The van der Waals surface area contributed by atoms with E-state index in [2.05, 4.69) is 10.1 Å². The summed E-state index contributed by atoms with van der Waals surface area (Å²) in [4.78, 5) is 0. The largest absolute Gasteiger partial charge is 0.497 e. The van der Waals surface area contributed by atoms with Gasteiger partial charge in [0.2, 0.25) is 0 Å². The molecule has 0 amide bonds. The third-order valence-corrected chi connectivity index (χ3v) is 2.31. The number of nitrogens with one attached hydrogen (secondary N) is 1. The summed E-state index contributed by atoms with van der Waals surface area (Å²) in [5.41, 5.74) is 0.590. The van der Waals surface area contributed by atoms with Crippen molar-refractivity contribution in [1.29, 1.82) is 0 Å². The maximum absolute atomic E-state index is 12.2. The predicted octanol–water partition coefficient (Wildman–Crippen LogP) is 1.77. The van der Waals surface area contributed by atoms with Gasteiger partial charge in [-0.2, -0.15) is 8.78 Å². The maximum atomic E-state index is 12.2. The van der Waals surface area contributed by atoms with E-state index in [-0.39, 0.29) is 12.4 Å². The highest BCUT2D eigenvalue weighted by atomic mass is 19.3. The Balaban J connectivity index is 2.69. The van der Waals surface area contributed by atoms with Crippen molar-refractivity contribution in [1.82, 2.24) is 5.32 Å². The third kappa shape index (κ3) is 4.85. The summed E-state index contributed by atoms with van der Waals surface area (Å²) in [7, 11) is 1.51. The van der Waals surface area contributed by atoms with E-state index in [0.717, 1.165) is 0 Å². The zero-order valence-electron chi connectivity index (χ0n) is 10.2. The molecule has 0 unspecified atom stereocenters. The molecule has 1 aromatic carbocycles. The highest BCUT2D eigenvalue weighted by Gasteiger charge is 2.10. The summed E-state index contributed by atoms with van der Waals surface area (Å²) >= 11 is 0. The van der Waals surface area contributed by atoms with Gasteiger partial charge < -0.3 is 19.9 Å². The summed E-state index contributed by atoms with van der Waals surface area (Å²) in [5, 5.41) is 11.7. The van der Waals surface area contributed by atoms with Gasteiger partial charge in [-0.15, -0.1) is 0 Å². The maximum Gasteiger partial charge on any atom is 0.387 e. The van der Waals surface area contributed by atoms with Crippen LogP contribution in [0.25, 0.3) is 0 Å². The first-order valence-electron chi connectivity index (χ1n) is 5.60. The second-order valence-corrected chi connectivity index (χ2v) is 3.61. The number of methoxy groups -OCH3 is 1. The summed E-state index contributed by atoms with van der Waals surface area (Å²) in [6.45, 7) is -1.79. The molecule has 0 aliphatic carbocycles. The number of hydrogen-bond acceptors (Lipinski definition) is 4. The monoisotopic (exact) mass is 261 g/mol. The quantitative estimate of drug-likeness (QED) is 0.700. The molecule has 1 aromatic rings. The number of ether oxygens (including phenoxy) is 2. The molecule has 0 aliphatic heterocycles. The van der Waals surface area contributed by atoms with E-state index >= 15 is 0 Å². The van der Waals surface area contributed by atoms with E-state index in [1.807, 2.05) is 0 Å². The fourth-order valence-corrected chi connectivity index (χ4v) is 1.46. The van der Waals surface area contributed by atoms with Gasteiger partial charge in [-0.3, -0.25) is 0 Å². The average molecular weight is 261 g/mol. The summed E-state index contributed by atoms with van der Waals surface area (Å²) < 4.78 is 33.9. The number of aliphatic hydroxyl groups is 1. The molecule has 1 rings (SSSR count). The van der Waals surface area contributed by atoms with Crippen LogP contribution in [0.3, 0.4) is 0 Å². The van der Waals surface area contributed by atoms with Crippen LogP contribution in [0.4, 0.5) is 8.78 Å². The minimum atomic E-state index is -2.85. The molecule has 0 aliphatic rings. The Hall–Kier alpha value is -1.40. The number of aliphatic hydroxyl groups excluding tert-OH is 1. The van der Waals surface area contributed by atoms with Crippen LogP contribution in [-0.2, 0) is 6.54 Å². The van der Waals surface area contributed by atoms with E-state index in [1.165, 1.54) is 13.2 Å². The molecule has 0 saturated heterocycles. The number of alkyl halides is 2. The molecule has 0 saturated carbocycles. The predicted molar refractivity (Wildman–Crippen MR) is 63.0 cm³/mol.